The van der Waals surface area contributed by atoms with Crippen LogP contribution in [0.25, 0.3) is 0 Å². The highest BCUT2D eigenvalue weighted by molar-refractivity contribution is 5.60. The lowest BCUT2D eigenvalue weighted by Crippen LogP contribution is -2.12. The zero-order valence-electron chi connectivity index (χ0n) is 9.17. The van der Waals surface area contributed by atoms with Crippen LogP contribution in [0.4, 0.5) is 13.2 Å². The van der Waals surface area contributed by atoms with Crippen LogP contribution in [-0.4, -0.2) is 12.4 Å². The summed E-state index contributed by atoms with van der Waals surface area (Å²) >= 11 is 0. The fourth-order valence-corrected chi connectivity index (χ4v) is 0.918. The number of aliphatic imine (C=N–C) groups is 1. The van der Waals surface area contributed by atoms with Crippen molar-refractivity contribution in [2.45, 2.75) is 32.9 Å². The summed E-state index contributed by atoms with van der Waals surface area (Å²) in [5.41, 5.74) is -1.61. The summed E-state index contributed by atoms with van der Waals surface area (Å²) in [6.45, 7) is 3.33. The molecule has 0 bridgehead atoms. The van der Waals surface area contributed by atoms with E-state index in [0.29, 0.717) is 6.42 Å². The predicted molar refractivity (Wildman–Crippen MR) is 56.9 cm³/mol. The molecule has 0 aliphatic rings. The molecule has 88 valence electrons. The van der Waals surface area contributed by atoms with Gasteiger partial charge in [-0.2, -0.15) is 18.4 Å². The Kier molecular flexibility index (Phi) is 6.16. The molecule has 0 aliphatic heterocycles. The normalized spacial score (nSPS) is 14.2. The Labute approximate surface area is 92.8 Å². The second-order valence-corrected chi connectivity index (χ2v) is 2.97. The molecule has 0 fully saturated rings. The zero-order chi connectivity index (χ0) is 12.6. The molecule has 2 nitrogen and oxygen atoms in total. The van der Waals surface area contributed by atoms with E-state index in [4.69, 9.17) is 5.26 Å². The molecule has 0 aromatic heterocycles. The van der Waals surface area contributed by atoms with Crippen LogP contribution in [0.5, 0.6) is 0 Å². The summed E-state index contributed by atoms with van der Waals surface area (Å²) in [5.74, 6) is 0. The molecule has 0 saturated carbocycles. The second-order valence-electron chi connectivity index (χ2n) is 2.97. The van der Waals surface area contributed by atoms with Crippen LogP contribution in [0.2, 0.25) is 0 Å². The third-order valence-corrected chi connectivity index (χ3v) is 1.64. The Morgan fingerprint density at radius 1 is 1.44 bits per heavy atom. The molecule has 0 amide bonds. The number of nitrogens with zero attached hydrogens (tertiary/aromatic N) is 2. The summed E-state index contributed by atoms with van der Waals surface area (Å²) in [5, 5.41) is 8.63. The maximum atomic E-state index is 12.5. The summed E-state index contributed by atoms with van der Waals surface area (Å²) < 4.78 is 37.6. The topological polar surface area (TPSA) is 36.1 Å². The van der Waals surface area contributed by atoms with Crippen LogP contribution in [0, 0.1) is 11.3 Å². The lowest BCUT2D eigenvalue weighted by molar-refractivity contribution is -0.0887. The van der Waals surface area contributed by atoms with Crippen LogP contribution in [-0.2, 0) is 0 Å². The van der Waals surface area contributed by atoms with Crippen LogP contribution < -0.4 is 0 Å². The van der Waals surface area contributed by atoms with Crippen molar-refractivity contribution < 1.29 is 13.2 Å². The predicted octanol–water partition coefficient (Wildman–Crippen LogP) is 3.77. The van der Waals surface area contributed by atoms with Crippen molar-refractivity contribution in [2.75, 3.05) is 0 Å². The highest BCUT2D eigenvalue weighted by atomic mass is 19.4. The van der Waals surface area contributed by atoms with Crippen molar-refractivity contribution in [3.05, 3.63) is 23.4 Å². The molecule has 0 heterocycles. The van der Waals surface area contributed by atoms with Gasteiger partial charge < -0.3 is 0 Å². The first-order valence-corrected chi connectivity index (χ1v) is 4.84. The molecule has 0 atom stereocenters. The molecule has 0 aromatic rings. The van der Waals surface area contributed by atoms with Crippen molar-refractivity contribution in [2.24, 2.45) is 4.99 Å². The van der Waals surface area contributed by atoms with Crippen LogP contribution in [0.1, 0.15) is 26.7 Å². The fraction of sp³-hybridized carbons (Fsp3) is 0.455. The van der Waals surface area contributed by atoms with Gasteiger partial charge in [-0.15, -0.1) is 0 Å². The van der Waals surface area contributed by atoms with Gasteiger partial charge in [0.25, 0.3) is 0 Å². The molecular weight excluding hydrogens is 217 g/mol. The number of hydrogen-bond acceptors (Lipinski definition) is 2. The van der Waals surface area contributed by atoms with E-state index < -0.39 is 17.4 Å². The summed E-state index contributed by atoms with van der Waals surface area (Å²) in [6.07, 6.45) is 0.172. The van der Waals surface area contributed by atoms with E-state index in [1.165, 1.54) is 25.3 Å². The van der Waals surface area contributed by atoms with Crippen molar-refractivity contribution in [1.29, 1.82) is 5.26 Å². The van der Waals surface area contributed by atoms with Gasteiger partial charge in [-0.05, 0) is 13.3 Å². The number of rotatable bonds is 4. The average molecular weight is 230 g/mol. The second kappa shape index (κ2) is 6.83. The minimum atomic E-state index is -4.55. The highest BCUT2D eigenvalue weighted by Gasteiger charge is 2.34. The monoisotopic (exact) mass is 230 g/mol. The third kappa shape index (κ3) is 4.78. The molecule has 5 heteroatoms. The van der Waals surface area contributed by atoms with E-state index in [-0.39, 0.29) is 0 Å². The van der Waals surface area contributed by atoms with Crippen molar-refractivity contribution in [3.63, 3.8) is 0 Å². The van der Waals surface area contributed by atoms with Crippen LogP contribution >= 0.6 is 0 Å². The summed E-state index contributed by atoms with van der Waals surface area (Å²) in [4.78, 5) is 3.54. The fourth-order valence-electron chi connectivity index (χ4n) is 0.918. The van der Waals surface area contributed by atoms with E-state index in [2.05, 4.69) is 4.99 Å². The zero-order valence-corrected chi connectivity index (χ0v) is 9.17. The maximum absolute atomic E-state index is 12.5. The molecule has 0 aromatic carbocycles. The molecule has 0 aliphatic carbocycles. The Balaban J connectivity index is 5.28. The first-order valence-electron chi connectivity index (χ1n) is 4.84. The Morgan fingerprint density at radius 3 is 2.44 bits per heavy atom. The largest absolute Gasteiger partial charge is 0.419 e. The number of alkyl halides is 3. The van der Waals surface area contributed by atoms with E-state index in [0.717, 1.165) is 12.5 Å². The van der Waals surface area contributed by atoms with Gasteiger partial charge in [0, 0.05) is 6.21 Å². The number of hydrogen-bond donors (Lipinski definition) is 0. The van der Waals surface area contributed by atoms with Crippen molar-refractivity contribution in [1.82, 2.24) is 0 Å². The molecule has 0 rings (SSSR count). The van der Waals surface area contributed by atoms with Gasteiger partial charge in [-0.3, -0.25) is 0 Å². The number of nitriles is 1. The van der Waals surface area contributed by atoms with Crippen LogP contribution in [0.15, 0.2) is 28.4 Å². The molecular formula is C11H13F3N2. The van der Waals surface area contributed by atoms with Gasteiger partial charge in [0.1, 0.15) is 6.07 Å². The summed E-state index contributed by atoms with van der Waals surface area (Å²) in [7, 11) is 0. The SMILES string of the molecule is C/C=C/C(=C(C#N)\N=C/CCC)C(F)(F)F. The first kappa shape index (κ1) is 14.4. The Bertz CT molecular complexity index is 343. The van der Waals surface area contributed by atoms with Gasteiger partial charge in [0.2, 0.25) is 0 Å². The van der Waals surface area contributed by atoms with Crippen LogP contribution in [0.3, 0.4) is 0 Å². The number of halogens is 3. The molecule has 0 spiro atoms. The van der Waals surface area contributed by atoms with Crippen molar-refractivity contribution >= 4 is 6.21 Å². The number of unbranched alkanes of at least 4 members (excludes halogenated alkanes) is 1. The molecule has 0 N–H and O–H groups in total. The Hall–Kier alpha value is -1.57. The molecule has 16 heavy (non-hydrogen) atoms. The third-order valence-electron chi connectivity index (χ3n) is 1.64. The summed E-state index contributed by atoms with van der Waals surface area (Å²) in [6, 6.07) is 1.46. The minimum Gasteiger partial charge on any atom is -0.249 e. The smallest absolute Gasteiger partial charge is 0.249 e. The quantitative estimate of drug-likeness (QED) is 0.411. The highest BCUT2D eigenvalue weighted by Crippen LogP contribution is 2.29. The minimum absolute atomic E-state index is 0.548. The van der Waals surface area contributed by atoms with E-state index in [9.17, 15) is 13.2 Å². The lowest BCUT2D eigenvalue weighted by atomic mass is 10.2. The van der Waals surface area contributed by atoms with Gasteiger partial charge in [-0.25, -0.2) is 4.99 Å². The van der Waals surface area contributed by atoms with E-state index in [1.807, 2.05) is 6.92 Å². The maximum Gasteiger partial charge on any atom is 0.419 e. The molecule has 0 unspecified atom stereocenters. The van der Waals surface area contributed by atoms with Gasteiger partial charge in [-0.1, -0.05) is 25.5 Å². The number of allylic oxidation sites excluding steroid dienone is 4. The molecule has 0 saturated heterocycles. The van der Waals surface area contributed by atoms with E-state index in [1.54, 1.807) is 0 Å². The Morgan fingerprint density at radius 2 is 2.06 bits per heavy atom. The van der Waals surface area contributed by atoms with Gasteiger partial charge in [0.05, 0.1) is 5.57 Å². The lowest BCUT2D eigenvalue weighted by Gasteiger charge is -2.07. The first-order chi connectivity index (χ1) is 7.47. The average Bonchev–Trinajstić information content (AvgIpc) is 2.20. The van der Waals surface area contributed by atoms with Gasteiger partial charge in [0.15, 0.2) is 5.70 Å². The van der Waals surface area contributed by atoms with E-state index >= 15 is 0 Å². The molecule has 0 radical (unpaired) electrons. The standard InChI is InChI=1S/C11H13F3N2/c1-3-5-7-16-10(8-15)9(6-4-2)11(12,13)14/h4,6-7H,3,5H2,1-2H3/b6-4+,10-9+,16-7-. The van der Waals surface area contributed by atoms with Crippen molar-refractivity contribution in [3.8, 4) is 6.07 Å². The van der Waals surface area contributed by atoms with Gasteiger partial charge >= 0.3 is 6.18 Å².